The Balaban J connectivity index is 1.98. The molecule has 1 N–H and O–H groups in total. The Kier molecular flexibility index (Phi) is 5.89. The Bertz CT molecular complexity index is 760. The minimum atomic E-state index is -4.55. The van der Waals surface area contributed by atoms with Gasteiger partial charge >= 0.3 is 6.18 Å². The Hall–Kier alpha value is -2.29. The minimum absolute atomic E-state index is 0.0281. The Morgan fingerprint density at radius 3 is 2.48 bits per heavy atom. The SMILES string of the molecule is COc1ccc(CCNC(=O)c2sc(C(F)(F)F)nc2C)cc1OC. The number of aryl methyl sites for hydroxylation is 1. The molecule has 0 aliphatic rings. The summed E-state index contributed by atoms with van der Waals surface area (Å²) in [6.07, 6.45) is -4.05. The quantitative estimate of drug-likeness (QED) is 0.841. The van der Waals surface area contributed by atoms with Crippen molar-refractivity contribution < 1.29 is 27.4 Å². The summed E-state index contributed by atoms with van der Waals surface area (Å²) in [7, 11) is 3.05. The molecule has 5 nitrogen and oxygen atoms in total. The Morgan fingerprint density at radius 1 is 1.24 bits per heavy atom. The number of aromatic nitrogens is 1. The summed E-state index contributed by atoms with van der Waals surface area (Å²) in [5.74, 6) is 0.598. The number of halogens is 3. The summed E-state index contributed by atoms with van der Waals surface area (Å²) >= 11 is 0.347. The number of nitrogens with one attached hydrogen (secondary N) is 1. The lowest BCUT2D eigenvalue weighted by molar-refractivity contribution is -0.137. The number of alkyl halides is 3. The molecule has 0 fully saturated rings. The molecule has 0 unspecified atom stereocenters. The summed E-state index contributed by atoms with van der Waals surface area (Å²) in [6.45, 7) is 1.65. The maximum absolute atomic E-state index is 12.6. The van der Waals surface area contributed by atoms with E-state index < -0.39 is 17.1 Å². The van der Waals surface area contributed by atoms with E-state index in [1.54, 1.807) is 12.1 Å². The highest BCUT2D eigenvalue weighted by Crippen LogP contribution is 2.34. The molecule has 136 valence electrons. The summed E-state index contributed by atoms with van der Waals surface area (Å²) in [5.41, 5.74) is 0.968. The van der Waals surface area contributed by atoms with E-state index in [-0.39, 0.29) is 17.1 Å². The third-order valence-electron chi connectivity index (χ3n) is 3.39. The maximum Gasteiger partial charge on any atom is 0.443 e. The highest BCUT2D eigenvalue weighted by atomic mass is 32.1. The van der Waals surface area contributed by atoms with Crippen LogP contribution in [0.2, 0.25) is 0 Å². The molecular weight excluding hydrogens is 357 g/mol. The molecule has 1 amide bonds. The van der Waals surface area contributed by atoms with Crippen molar-refractivity contribution in [3.8, 4) is 11.5 Å². The lowest BCUT2D eigenvalue weighted by Crippen LogP contribution is -2.25. The zero-order valence-corrected chi connectivity index (χ0v) is 14.7. The van der Waals surface area contributed by atoms with Crippen LogP contribution >= 0.6 is 11.3 Å². The number of carbonyl (C=O) groups excluding carboxylic acids is 1. The molecule has 0 spiro atoms. The van der Waals surface area contributed by atoms with Crippen molar-refractivity contribution in [1.29, 1.82) is 0 Å². The van der Waals surface area contributed by atoms with Gasteiger partial charge in [0.05, 0.1) is 19.9 Å². The van der Waals surface area contributed by atoms with Gasteiger partial charge in [0.25, 0.3) is 5.91 Å². The Morgan fingerprint density at radius 2 is 1.92 bits per heavy atom. The maximum atomic E-state index is 12.6. The number of carbonyl (C=O) groups is 1. The van der Waals surface area contributed by atoms with Gasteiger partial charge < -0.3 is 14.8 Å². The molecule has 0 bridgehead atoms. The van der Waals surface area contributed by atoms with Crippen LogP contribution in [0.1, 0.15) is 25.9 Å². The molecule has 2 aromatic rings. The fourth-order valence-electron chi connectivity index (χ4n) is 2.17. The third-order valence-corrected chi connectivity index (χ3v) is 4.59. The van der Waals surface area contributed by atoms with Crippen LogP contribution in [0.5, 0.6) is 11.5 Å². The normalized spacial score (nSPS) is 11.3. The third kappa shape index (κ3) is 4.62. The number of rotatable bonds is 6. The molecule has 0 radical (unpaired) electrons. The van der Waals surface area contributed by atoms with Crippen molar-refractivity contribution in [2.45, 2.75) is 19.5 Å². The van der Waals surface area contributed by atoms with Crippen LogP contribution in [0.3, 0.4) is 0 Å². The Labute approximate surface area is 146 Å². The average molecular weight is 374 g/mol. The predicted molar refractivity (Wildman–Crippen MR) is 87.4 cm³/mol. The fourth-order valence-corrected chi connectivity index (χ4v) is 3.01. The average Bonchev–Trinajstić information content (AvgIpc) is 2.96. The summed E-state index contributed by atoms with van der Waals surface area (Å²) in [6, 6.07) is 5.36. The second-order valence-corrected chi connectivity index (χ2v) is 6.13. The van der Waals surface area contributed by atoms with Crippen LogP contribution < -0.4 is 14.8 Å². The van der Waals surface area contributed by atoms with Gasteiger partial charge in [-0.05, 0) is 31.0 Å². The first-order valence-electron chi connectivity index (χ1n) is 7.30. The molecule has 0 aliphatic heterocycles. The van der Waals surface area contributed by atoms with Crippen molar-refractivity contribution in [1.82, 2.24) is 10.3 Å². The first-order valence-corrected chi connectivity index (χ1v) is 8.11. The van der Waals surface area contributed by atoms with E-state index in [4.69, 9.17) is 9.47 Å². The van der Waals surface area contributed by atoms with Crippen LogP contribution in [-0.2, 0) is 12.6 Å². The molecule has 0 atom stereocenters. The number of hydrogen-bond acceptors (Lipinski definition) is 5. The molecular formula is C16H17F3N2O3S. The van der Waals surface area contributed by atoms with Gasteiger partial charge in [-0.3, -0.25) is 4.79 Å². The topological polar surface area (TPSA) is 60.5 Å². The van der Waals surface area contributed by atoms with Gasteiger partial charge in [-0.1, -0.05) is 6.07 Å². The number of thiazole rings is 1. The van der Waals surface area contributed by atoms with E-state index in [9.17, 15) is 18.0 Å². The summed E-state index contributed by atoms with van der Waals surface area (Å²) in [5, 5.41) is 1.59. The molecule has 0 saturated heterocycles. The standard InChI is InChI=1S/C16H17F3N2O3S/c1-9-13(25-15(21-9)16(17,18)19)14(22)20-7-6-10-4-5-11(23-2)12(8-10)24-3/h4-5,8H,6-7H2,1-3H3,(H,20,22). The van der Waals surface area contributed by atoms with Crippen molar-refractivity contribution in [2.75, 3.05) is 20.8 Å². The fraction of sp³-hybridized carbons (Fsp3) is 0.375. The van der Waals surface area contributed by atoms with E-state index in [1.165, 1.54) is 21.1 Å². The van der Waals surface area contributed by atoms with E-state index in [1.807, 2.05) is 6.07 Å². The van der Waals surface area contributed by atoms with Crippen LogP contribution in [0.4, 0.5) is 13.2 Å². The van der Waals surface area contributed by atoms with E-state index >= 15 is 0 Å². The van der Waals surface area contributed by atoms with Crippen LogP contribution in [0.25, 0.3) is 0 Å². The van der Waals surface area contributed by atoms with Gasteiger partial charge in [-0.2, -0.15) is 13.2 Å². The molecule has 1 heterocycles. The lowest BCUT2D eigenvalue weighted by atomic mass is 10.1. The number of methoxy groups -OCH3 is 2. The molecule has 1 aromatic heterocycles. The van der Waals surface area contributed by atoms with Gasteiger partial charge in [0.1, 0.15) is 4.88 Å². The first kappa shape index (κ1) is 19.0. The van der Waals surface area contributed by atoms with Gasteiger partial charge in [-0.15, -0.1) is 11.3 Å². The second-order valence-electron chi connectivity index (χ2n) is 5.13. The number of amides is 1. The van der Waals surface area contributed by atoms with E-state index in [2.05, 4.69) is 10.3 Å². The number of benzene rings is 1. The molecule has 0 aliphatic carbocycles. The van der Waals surface area contributed by atoms with Gasteiger partial charge in [-0.25, -0.2) is 4.98 Å². The van der Waals surface area contributed by atoms with Crippen molar-refractivity contribution in [3.63, 3.8) is 0 Å². The number of nitrogens with zero attached hydrogens (tertiary/aromatic N) is 1. The second kappa shape index (κ2) is 7.73. The first-order chi connectivity index (χ1) is 11.8. The van der Waals surface area contributed by atoms with E-state index in [0.29, 0.717) is 29.3 Å². The van der Waals surface area contributed by atoms with Gasteiger partial charge in [0.2, 0.25) is 0 Å². The van der Waals surface area contributed by atoms with Crippen molar-refractivity contribution in [2.24, 2.45) is 0 Å². The molecule has 0 saturated carbocycles. The number of hydrogen-bond donors (Lipinski definition) is 1. The zero-order chi connectivity index (χ0) is 18.6. The molecule has 9 heteroatoms. The summed E-state index contributed by atoms with van der Waals surface area (Å²) < 4.78 is 48.3. The van der Waals surface area contributed by atoms with Gasteiger partial charge in [0.15, 0.2) is 16.5 Å². The minimum Gasteiger partial charge on any atom is -0.493 e. The largest absolute Gasteiger partial charge is 0.493 e. The highest BCUT2D eigenvalue weighted by Gasteiger charge is 2.36. The number of ether oxygens (including phenoxy) is 2. The molecule has 1 aromatic carbocycles. The van der Waals surface area contributed by atoms with Crippen molar-refractivity contribution >= 4 is 17.2 Å². The monoisotopic (exact) mass is 374 g/mol. The predicted octanol–water partition coefficient (Wildman–Crippen LogP) is 3.46. The molecule has 25 heavy (non-hydrogen) atoms. The van der Waals surface area contributed by atoms with Crippen LogP contribution in [0, 0.1) is 6.92 Å². The van der Waals surface area contributed by atoms with Gasteiger partial charge in [0, 0.05) is 6.54 Å². The lowest BCUT2D eigenvalue weighted by Gasteiger charge is -2.10. The zero-order valence-electron chi connectivity index (χ0n) is 13.9. The summed E-state index contributed by atoms with van der Waals surface area (Å²) in [4.78, 5) is 15.5. The molecule has 2 rings (SSSR count). The van der Waals surface area contributed by atoms with Crippen molar-refractivity contribution in [3.05, 3.63) is 39.3 Å². The van der Waals surface area contributed by atoms with Crippen LogP contribution in [0.15, 0.2) is 18.2 Å². The van der Waals surface area contributed by atoms with E-state index in [0.717, 1.165) is 5.56 Å². The highest BCUT2D eigenvalue weighted by molar-refractivity contribution is 7.13. The smallest absolute Gasteiger partial charge is 0.443 e. The van der Waals surface area contributed by atoms with Crippen LogP contribution in [-0.4, -0.2) is 31.7 Å².